The summed E-state index contributed by atoms with van der Waals surface area (Å²) < 4.78 is 43.3. The van der Waals surface area contributed by atoms with Crippen LogP contribution < -0.4 is 20.7 Å². The number of aromatic amines is 1. The normalized spacial score (nSPS) is 17.5. The summed E-state index contributed by atoms with van der Waals surface area (Å²) in [5.41, 5.74) is 3.01. The maximum Gasteiger partial charge on any atom is 0.330 e. The molecule has 1 fully saturated rings. The number of nitriles is 1. The lowest BCUT2D eigenvalue weighted by atomic mass is 9.80. The zero-order valence-electron chi connectivity index (χ0n) is 41.4. The van der Waals surface area contributed by atoms with E-state index >= 15 is 0 Å². The molecule has 0 aliphatic carbocycles. The van der Waals surface area contributed by atoms with Gasteiger partial charge < -0.3 is 28.0 Å². The summed E-state index contributed by atoms with van der Waals surface area (Å²) in [7, 11) is 1.36. The zero-order valence-corrected chi connectivity index (χ0v) is 43.1. The first-order chi connectivity index (χ1) is 35.0. The zero-order chi connectivity index (χ0) is 50.7. The predicted molar refractivity (Wildman–Crippen MR) is 284 cm³/mol. The molecular weight excluding hydrogens is 944 g/mol. The number of hydrogen-bond acceptors (Lipinski definition) is 11. The first-order valence-electron chi connectivity index (χ1n) is 24.1. The number of nitrogens with zero attached hydrogens (tertiary/aromatic N) is 3. The quantitative estimate of drug-likeness (QED) is 0.0395. The van der Waals surface area contributed by atoms with Crippen LogP contribution in [0.1, 0.15) is 73.7 Å². The van der Waals surface area contributed by atoms with Gasteiger partial charge in [-0.05, 0) is 85.3 Å². The van der Waals surface area contributed by atoms with Crippen molar-refractivity contribution >= 4 is 20.3 Å². The second kappa shape index (κ2) is 23.9. The van der Waals surface area contributed by atoms with Crippen molar-refractivity contribution in [2.45, 2.75) is 80.2 Å². The first kappa shape index (κ1) is 52.0. The average molecular weight is 1010 g/mol. The summed E-state index contributed by atoms with van der Waals surface area (Å²) in [6.07, 6.45) is -1.17. The molecule has 5 atom stereocenters. The van der Waals surface area contributed by atoms with E-state index in [4.69, 9.17) is 28.0 Å². The Kier molecular flexibility index (Phi) is 17.3. The van der Waals surface area contributed by atoms with Gasteiger partial charge in [-0.3, -0.25) is 14.3 Å². The summed E-state index contributed by atoms with van der Waals surface area (Å²) in [5.74, 6) is 1.36. The van der Waals surface area contributed by atoms with Gasteiger partial charge in [0.05, 0.1) is 49.9 Å². The van der Waals surface area contributed by atoms with Gasteiger partial charge in [0.1, 0.15) is 29.3 Å². The molecule has 2 heterocycles. The Hall–Kier alpha value is -6.33. The third-order valence-electron chi connectivity index (χ3n) is 12.8. The number of H-pyrrole nitrogens is 1. The monoisotopic (exact) mass is 1000 g/mol. The Morgan fingerprint density at radius 2 is 1.14 bits per heavy atom. The molecule has 1 N–H and O–H groups in total. The van der Waals surface area contributed by atoms with Crippen LogP contribution in [0.25, 0.3) is 0 Å². The largest absolute Gasteiger partial charge is 0.497 e. The number of aromatic nitrogens is 2. The predicted octanol–water partition coefficient (Wildman–Crippen LogP) is 11.2. The number of methoxy groups -OCH3 is 2. The lowest BCUT2D eigenvalue weighted by Crippen LogP contribution is -2.43. The Bertz CT molecular complexity index is 2800. The molecule has 0 bridgehead atoms. The highest BCUT2D eigenvalue weighted by Gasteiger charge is 2.55. The van der Waals surface area contributed by atoms with Crippen molar-refractivity contribution in [3.63, 3.8) is 0 Å². The average Bonchev–Trinajstić information content (AvgIpc) is 3.74. The van der Waals surface area contributed by atoms with Crippen molar-refractivity contribution in [2.75, 3.05) is 27.4 Å². The molecule has 0 spiro atoms. The van der Waals surface area contributed by atoms with Crippen LogP contribution in [0.4, 0.5) is 0 Å². The topological polar surface area (TPSA) is 137 Å². The lowest BCUT2D eigenvalue weighted by molar-refractivity contribution is -0.0925. The summed E-state index contributed by atoms with van der Waals surface area (Å²) in [6.45, 7) is 8.43. The molecule has 1 unspecified atom stereocenters. The molecule has 72 heavy (non-hydrogen) atoms. The van der Waals surface area contributed by atoms with E-state index in [1.165, 1.54) is 16.8 Å². The molecule has 1 aliphatic heterocycles. The second-order valence-corrected chi connectivity index (χ2v) is 20.7. The third-order valence-corrected chi connectivity index (χ3v) is 16.7. The van der Waals surface area contributed by atoms with Gasteiger partial charge in [-0.2, -0.15) is 5.26 Å². The minimum Gasteiger partial charge on any atom is -0.497 e. The maximum atomic E-state index is 14.3. The van der Waals surface area contributed by atoms with Crippen molar-refractivity contribution < 1.29 is 28.0 Å². The Balaban J connectivity index is 1.38. The molecule has 0 radical (unpaired) electrons. The van der Waals surface area contributed by atoms with Crippen molar-refractivity contribution in [1.82, 2.24) is 14.2 Å². The third kappa shape index (κ3) is 11.0. The molecule has 8 rings (SSSR count). The number of thioether (sulfide) groups is 1. The molecule has 1 aliphatic rings. The second-order valence-electron chi connectivity index (χ2n) is 17.9. The van der Waals surface area contributed by atoms with Crippen LogP contribution in [0.2, 0.25) is 0 Å². The SMILES string of the molecule is COc1ccc(C(OC[C@H]2O[C@@H](n3ccc(=O)[nH]c3=O)[C@H](SC(c3ccccc3)(c3ccccc3)c3ccccc3)[C@@H]2OP(OCCC#N)N(C(C)C)C(C)C)(c2ccccc2)c2ccc(OC)cc2)cc1. The summed E-state index contributed by atoms with van der Waals surface area (Å²) in [6, 6.07) is 60.1. The van der Waals surface area contributed by atoms with E-state index in [1.54, 1.807) is 26.0 Å². The Morgan fingerprint density at radius 1 is 0.681 bits per heavy atom. The summed E-state index contributed by atoms with van der Waals surface area (Å²) in [4.78, 5) is 29.6. The molecule has 1 aromatic heterocycles. The highest BCUT2D eigenvalue weighted by atomic mass is 32.2. The van der Waals surface area contributed by atoms with Crippen LogP contribution in [0.15, 0.2) is 192 Å². The molecule has 14 heteroatoms. The summed E-state index contributed by atoms with van der Waals surface area (Å²) >= 11 is 1.62. The number of hydrogen-bond donors (Lipinski definition) is 1. The van der Waals surface area contributed by atoms with Gasteiger partial charge in [-0.15, -0.1) is 11.8 Å². The van der Waals surface area contributed by atoms with E-state index in [0.29, 0.717) is 11.5 Å². The molecule has 6 aromatic carbocycles. The van der Waals surface area contributed by atoms with E-state index in [1.807, 2.05) is 133 Å². The van der Waals surface area contributed by atoms with Gasteiger partial charge in [0.25, 0.3) is 14.1 Å². The van der Waals surface area contributed by atoms with E-state index in [0.717, 1.165) is 33.4 Å². The van der Waals surface area contributed by atoms with Crippen LogP contribution in [0, 0.1) is 11.3 Å². The fraction of sp³-hybridized carbons (Fsp3) is 0.293. The minimum atomic E-state index is -1.91. The van der Waals surface area contributed by atoms with Gasteiger partial charge in [0, 0.05) is 24.3 Å². The summed E-state index contributed by atoms with van der Waals surface area (Å²) in [5, 5.41) is 9.04. The number of nitrogens with one attached hydrogen (secondary N) is 1. The van der Waals surface area contributed by atoms with Crippen molar-refractivity contribution in [3.05, 3.63) is 236 Å². The van der Waals surface area contributed by atoms with Crippen LogP contribution in [-0.2, 0) is 28.9 Å². The Morgan fingerprint density at radius 3 is 1.57 bits per heavy atom. The van der Waals surface area contributed by atoms with E-state index < -0.39 is 53.8 Å². The van der Waals surface area contributed by atoms with Gasteiger partial charge in [0.15, 0.2) is 6.23 Å². The minimum absolute atomic E-state index is 0.0353. The maximum absolute atomic E-state index is 14.3. The molecule has 1 saturated heterocycles. The number of benzene rings is 6. The first-order valence-corrected chi connectivity index (χ1v) is 26.1. The van der Waals surface area contributed by atoms with Crippen LogP contribution in [0.5, 0.6) is 11.5 Å². The molecule has 372 valence electrons. The van der Waals surface area contributed by atoms with E-state index in [9.17, 15) is 14.9 Å². The fourth-order valence-corrected chi connectivity index (χ4v) is 13.3. The molecular formula is C58H61N4O8PS. The number of rotatable bonds is 22. The van der Waals surface area contributed by atoms with Crippen LogP contribution in [-0.4, -0.2) is 71.2 Å². The number of ether oxygens (including phenoxy) is 4. The molecule has 12 nitrogen and oxygen atoms in total. The molecule has 0 amide bonds. The highest BCUT2D eigenvalue weighted by molar-refractivity contribution is 8.01. The smallest absolute Gasteiger partial charge is 0.330 e. The van der Waals surface area contributed by atoms with Gasteiger partial charge in [0.2, 0.25) is 0 Å². The lowest BCUT2D eigenvalue weighted by Gasteiger charge is -2.42. The van der Waals surface area contributed by atoms with Gasteiger partial charge >= 0.3 is 5.69 Å². The van der Waals surface area contributed by atoms with Gasteiger partial charge in [-0.25, -0.2) is 9.46 Å². The van der Waals surface area contributed by atoms with Crippen molar-refractivity contribution in [2.24, 2.45) is 0 Å². The van der Waals surface area contributed by atoms with E-state index in [2.05, 4.69) is 79.8 Å². The standard InChI is InChI=1S/C58H61N4O8PS/c1-41(2)62(42(3)4)71(68-39-19-37-59)70-53-51(40-67-57(43-20-11-7-12-21-43,44-28-32-49(65-5)33-29-44)45-30-34-50(66-6)35-31-45)69-55(61-38-36-52(63)60-56(61)64)54(53)72-58(46-22-13-8-14-23-46,47-24-15-9-16-25-47)48-26-17-10-18-27-48/h7-18,20-36,38,41-42,51,53-55H,19,39-40H2,1-6H3,(H,60,63,64)/t51-,53-,54-,55-,71?/m1/s1. The highest BCUT2D eigenvalue weighted by Crippen LogP contribution is 2.58. The Labute approximate surface area is 427 Å². The molecule has 0 saturated carbocycles. The van der Waals surface area contributed by atoms with Crippen molar-refractivity contribution in [3.8, 4) is 17.6 Å². The van der Waals surface area contributed by atoms with Crippen LogP contribution >= 0.6 is 20.3 Å². The van der Waals surface area contributed by atoms with Gasteiger partial charge in [-0.1, -0.05) is 146 Å². The molecule has 7 aromatic rings. The fourth-order valence-electron chi connectivity index (χ4n) is 9.55. The van der Waals surface area contributed by atoms with E-state index in [-0.39, 0.29) is 31.7 Å². The van der Waals surface area contributed by atoms with Crippen molar-refractivity contribution in [1.29, 1.82) is 5.26 Å². The van der Waals surface area contributed by atoms with Crippen LogP contribution in [0.3, 0.4) is 0 Å².